The summed E-state index contributed by atoms with van der Waals surface area (Å²) in [6.07, 6.45) is 1.81. The van der Waals surface area contributed by atoms with Gasteiger partial charge in [-0.2, -0.15) is 0 Å². The van der Waals surface area contributed by atoms with Gasteiger partial charge < -0.3 is 19.5 Å². The molecule has 2 aromatic rings. The Morgan fingerprint density at radius 3 is 2.42 bits per heavy atom. The highest BCUT2D eigenvalue weighted by atomic mass is 32.1. The fraction of sp³-hybridized carbons (Fsp3) is 0.355. The molecule has 1 aliphatic carbocycles. The molecular weight excluding hydrogens is 492 g/mol. The minimum absolute atomic E-state index is 0.0755. The molecule has 0 saturated carbocycles. The van der Waals surface area contributed by atoms with Crippen molar-refractivity contribution in [3.8, 4) is 22.5 Å². The highest BCUT2D eigenvalue weighted by Gasteiger charge is 2.25. The zero-order chi connectivity index (χ0) is 27.1. The van der Waals surface area contributed by atoms with E-state index in [9.17, 15) is 4.79 Å². The summed E-state index contributed by atoms with van der Waals surface area (Å²) in [6, 6.07) is 20.5. The molecule has 38 heavy (non-hydrogen) atoms. The molecule has 2 aromatic carbocycles. The molecule has 0 aromatic heterocycles. The zero-order valence-corrected chi connectivity index (χ0v) is 23.9. The van der Waals surface area contributed by atoms with Crippen molar-refractivity contribution in [3.05, 3.63) is 71.6 Å². The summed E-state index contributed by atoms with van der Waals surface area (Å²) in [5.74, 6) is 0.847. The molecule has 0 atom stereocenters. The lowest BCUT2D eigenvalue weighted by Gasteiger charge is -2.28. The normalized spacial score (nSPS) is 13.9. The average Bonchev–Trinajstić information content (AvgIpc) is 2.98. The first-order valence-corrected chi connectivity index (χ1v) is 14.5. The number of fused-ring (bicyclic) bond motifs is 2. The molecule has 0 radical (unpaired) electrons. The van der Waals surface area contributed by atoms with Gasteiger partial charge in [-0.25, -0.2) is 0 Å². The number of carbonyl (C=O) groups excluding carboxylic acids is 1. The van der Waals surface area contributed by atoms with Crippen LogP contribution in [-0.4, -0.2) is 62.9 Å². The maximum absolute atomic E-state index is 13.7. The fourth-order valence-electron chi connectivity index (χ4n) is 5.15. The van der Waals surface area contributed by atoms with Crippen molar-refractivity contribution in [2.45, 2.75) is 20.8 Å². The Hall–Kier alpha value is -3.29. The minimum atomic E-state index is 0.0755. The quantitative estimate of drug-likeness (QED) is 0.291. The number of anilines is 1. The van der Waals surface area contributed by atoms with Crippen molar-refractivity contribution in [1.29, 1.82) is 0 Å². The molecule has 1 saturated heterocycles. The number of benzene rings is 3. The van der Waals surface area contributed by atoms with Gasteiger partial charge in [0.2, 0.25) is 0 Å². The third-order valence-corrected chi connectivity index (χ3v) is 6.99. The molecule has 0 unspecified atom stereocenters. The Kier molecular flexibility index (Phi) is 9.48. The number of nitrogens with zero attached hydrogens (tertiary/aromatic N) is 3. The van der Waals surface area contributed by atoms with E-state index in [0.29, 0.717) is 19.6 Å². The number of amides is 1. The van der Waals surface area contributed by atoms with Gasteiger partial charge in [-0.15, -0.1) is 0 Å². The fourth-order valence-corrected chi connectivity index (χ4v) is 5.15. The molecule has 1 fully saturated rings. The average molecular weight is 532 g/mol. The van der Waals surface area contributed by atoms with E-state index in [2.05, 4.69) is 72.0 Å². The van der Waals surface area contributed by atoms with Crippen LogP contribution in [0.3, 0.4) is 0 Å². The van der Waals surface area contributed by atoms with E-state index in [1.807, 2.05) is 42.2 Å². The summed E-state index contributed by atoms with van der Waals surface area (Å²) in [4.78, 5) is 22.5. The van der Waals surface area contributed by atoms with Gasteiger partial charge in [0.25, 0.3) is 5.91 Å². The van der Waals surface area contributed by atoms with Crippen LogP contribution in [0.15, 0.2) is 70.1 Å². The van der Waals surface area contributed by atoms with E-state index >= 15 is 0 Å². The molecule has 3 aliphatic rings. The van der Waals surface area contributed by atoms with Crippen LogP contribution in [0, 0.1) is 0 Å². The van der Waals surface area contributed by atoms with Gasteiger partial charge in [0.05, 0.1) is 11.6 Å². The third kappa shape index (κ3) is 5.59. The lowest BCUT2D eigenvalue weighted by Crippen LogP contribution is -2.46. The number of piperazine rings is 1. The summed E-state index contributed by atoms with van der Waals surface area (Å²) in [5.41, 5.74) is 5.60. The minimum Gasteiger partial charge on any atom is -0.456 e. The predicted molar refractivity (Wildman–Crippen MR) is 163 cm³/mol. The zero-order valence-electron chi connectivity index (χ0n) is 22.9. The first kappa shape index (κ1) is 27.7. The molecule has 7 heteroatoms. The number of nitrogens with one attached hydrogen (secondary N) is 1. The molecule has 0 bridgehead atoms. The largest absolute Gasteiger partial charge is 0.456 e. The van der Waals surface area contributed by atoms with Crippen LogP contribution >= 0.6 is 0 Å². The van der Waals surface area contributed by atoms with Crippen molar-refractivity contribution < 1.29 is 9.21 Å². The number of hydrogen-bond acceptors (Lipinski definition) is 5. The summed E-state index contributed by atoms with van der Waals surface area (Å²) >= 11 is 2.97. The van der Waals surface area contributed by atoms with Gasteiger partial charge in [0.15, 0.2) is 0 Å². The SMILES string of the molecule is CCN=c1ccc2c(-c3ccccc3C(=O)N3CCNCC3)c3ccc(N(CC)CC)cc3oc-2c1.C[SH2+]. The molecule has 200 valence electrons. The van der Waals surface area contributed by atoms with E-state index in [0.717, 1.165) is 76.2 Å². The number of hydrogen-bond donors (Lipinski definition) is 1. The van der Waals surface area contributed by atoms with Crippen molar-refractivity contribution in [2.75, 3.05) is 57.0 Å². The van der Waals surface area contributed by atoms with Crippen LogP contribution in [0.5, 0.6) is 0 Å². The number of rotatable bonds is 6. The Bertz CT molecular complexity index is 1420. The molecule has 1 amide bonds. The molecule has 0 spiro atoms. The Balaban J connectivity index is 0.00000164. The van der Waals surface area contributed by atoms with Crippen LogP contribution in [-0.2, 0) is 12.6 Å². The van der Waals surface area contributed by atoms with Gasteiger partial charge in [-0.1, -0.05) is 18.2 Å². The first-order chi connectivity index (χ1) is 18.6. The molecule has 2 aliphatic heterocycles. The predicted octanol–water partition coefficient (Wildman–Crippen LogP) is 4.64. The van der Waals surface area contributed by atoms with Crippen LogP contribution in [0.1, 0.15) is 31.1 Å². The lowest BCUT2D eigenvalue weighted by molar-refractivity contribution is 0.0736. The summed E-state index contributed by atoms with van der Waals surface area (Å²) in [5, 5.41) is 5.23. The monoisotopic (exact) mass is 531 g/mol. The van der Waals surface area contributed by atoms with E-state index in [4.69, 9.17) is 4.42 Å². The van der Waals surface area contributed by atoms with Gasteiger partial charge in [0, 0.05) is 85.7 Å². The lowest BCUT2D eigenvalue weighted by atomic mass is 9.90. The summed E-state index contributed by atoms with van der Waals surface area (Å²) in [7, 11) is 0. The Morgan fingerprint density at radius 1 is 0.974 bits per heavy atom. The second kappa shape index (κ2) is 13.0. The molecule has 1 N–H and O–H groups in total. The van der Waals surface area contributed by atoms with Crippen molar-refractivity contribution in [1.82, 2.24) is 10.2 Å². The van der Waals surface area contributed by atoms with Gasteiger partial charge in [0.1, 0.15) is 11.3 Å². The second-order valence-corrected chi connectivity index (χ2v) is 9.07. The maximum atomic E-state index is 13.7. The molecule has 6 nitrogen and oxygen atoms in total. The Morgan fingerprint density at radius 2 is 1.71 bits per heavy atom. The highest BCUT2D eigenvalue weighted by Crippen LogP contribution is 2.42. The molecule has 5 rings (SSSR count). The van der Waals surface area contributed by atoms with E-state index in [-0.39, 0.29) is 5.91 Å². The Labute approximate surface area is 231 Å². The van der Waals surface area contributed by atoms with E-state index < -0.39 is 0 Å². The first-order valence-electron chi connectivity index (χ1n) is 13.5. The van der Waals surface area contributed by atoms with Crippen LogP contribution in [0.2, 0.25) is 0 Å². The van der Waals surface area contributed by atoms with E-state index in [1.54, 1.807) is 6.26 Å². The summed E-state index contributed by atoms with van der Waals surface area (Å²) in [6.45, 7) is 12.0. The summed E-state index contributed by atoms with van der Waals surface area (Å²) < 4.78 is 6.50. The second-order valence-electron chi connectivity index (χ2n) is 9.07. The third-order valence-electron chi connectivity index (χ3n) is 6.99. The molecule has 2 heterocycles. The topological polar surface area (TPSA) is 61.1 Å². The smallest absolute Gasteiger partial charge is 0.254 e. The van der Waals surface area contributed by atoms with Crippen LogP contribution in [0.25, 0.3) is 33.4 Å². The highest BCUT2D eigenvalue weighted by molar-refractivity contribution is 7.57. The maximum Gasteiger partial charge on any atom is 0.254 e. The molecular formula is C31H39N4O2S+. The van der Waals surface area contributed by atoms with Crippen molar-refractivity contribution in [3.63, 3.8) is 0 Å². The van der Waals surface area contributed by atoms with Crippen LogP contribution < -0.4 is 15.6 Å². The van der Waals surface area contributed by atoms with Crippen molar-refractivity contribution >= 4 is 35.2 Å². The van der Waals surface area contributed by atoms with Gasteiger partial charge >= 0.3 is 0 Å². The van der Waals surface area contributed by atoms with Gasteiger partial charge in [-0.05, 0) is 69.3 Å². The van der Waals surface area contributed by atoms with Crippen LogP contribution in [0.4, 0.5) is 5.69 Å². The van der Waals surface area contributed by atoms with E-state index in [1.165, 1.54) is 0 Å². The number of carbonyl (C=O) groups is 1. The standard InChI is InChI=1S/C30H34N4O2.CH4S/c1-4-32-21-11-13-25-27(19-21)36-28-20-22(33(5-2)6-3)12-14-26(28)29(25)23-9-7-8-10-24(23)30(35)34-17-15-31-16-18-34;1-2/h7-14,19-20,31H,4-6,15-18H2,1-3H3;2H,1H3/p+1. The van der Waals surface area contributed by atoms with Gasteiger partial charge in [-0.3, -0.25) is 9.79 Å². The van der Waals surface area contributed by atoms with Crippen molar-refractivity contribution in [2.24, 2.45) is 4.99 Å².